The van der Waals surface area contributed by atoms with E-state index >= 15 is 18.9 Å². The van der Waals surface area contributed by atoms with Gasteiger partial charge >= 0.3 is 7.82 Å². The van der Waals surface area contributed by atoms with Gasteiger partial charge in [0.2, 0.25) is 0 Å². The molecule has 6 amide bonds. The number of benzene rings is 9. The van der Waals surface area contributed by atoms with Gasteiger partial charge in [0.05, 0.1) is 33.8 Å². The molecule has 3 aliphatic rings. The van der Waals surface area contributed by atoms with Gasteiger partial charge in [-0.1, -0.05) is 108 Å². The average Bonchev–Trinajstić information content (AvgIpc) is 1.63. The summed E-state index contributed by atoms with van der Waals surface area (Å²) in [5.41, 5.74) is 16.7. The minimum absolute atomic E-state index is 0.0170. The second kappa shape index (κ2) is 36.3. The molecule has 22 nitrogen and oxygen atoms in total. The number of hydrogen-bond donors (Lipinski definition) is 0. The quantitative estimate of drug-likeness (QED) is 0.0612. The minimum atomic E-state index is -5.00. The molecule has 0 bridgehead atoms. The zero-order valence-electron chi connectivity index (χ0n) is 73.2. The van der Waals surface area contributed by atoms with Gasteiger partial charge in [0, 0.05) is 196 Å². The maximum atomic E-state index is 16.2. The third-order valence-electron chi connectivity index (χ3n) is 25.4. The molecular formula is C105H90Cl3N12O10P. The van der Waals surface area contributed by atoms with Crippen molar-refractivity contribution in [2.45, 2.75) is 98.6 Å². The Morgan fingerprint density at radius 1 is 0.321 bits per heavy atom. The molecule has 0 aliphatic carbocycles. The fourth-order valence-corrected chi connectivity index (χ4v) is 19.8. The van der Waals surface area contributed by atoms with Crippen LogP contribution in [0.3, 0.4) is 0 Å². The Hall–Kier alpha value is -14.4. The van der Waals surface area contributed by atoms with Crippen LogP contribution in [0.1, 0.15) is 133 Å². The van der Waals surface area contributed by atoms with E-state index in [2.05, 4.69) is 33.2 Å². The highest BCUT2D eigenvalue weighted by atomic mass is 35.5. The molecule has 0 unspecified atom stereocenters. The third-order valence-corrected chi connectivity index (χ3v) is 27.4. The number of nitrogens with zero attached hydrogens (tertiary/aromatic N) is 12. The van der Waals surface area contributed by atoms with Crippen LogP contribution in [0.5, 0.6) is 17.2 Å². The number of phosphoric acid groups is 1. The first-order valence-electron chi connectivity index (χ1n) is 43.0. The second-order valence-electron chi connectivity index (χ2n) is 33.3. The van der Waals surface area contributed by atoms with Gasteiger partial charge in [-0.25, -0.2) is 0 Å². The Labute approximate surface area is 773 Å². The summed E-state index contributed by atoms with van der Waals surface area (Å²) < 4.78 is 41.4. The predicted molar refractivity (Wildman–Crippen MR) is 511 cm³/mol. The van der Waals surface area contributed by atoms with Gasteiger partial charge < -0.3 is 42.0 Å². The highest BCUT2D eigenvalue weighted by Crippen LogP contribution is 2.52. The zero-order chi connectivity index (χ0) is 91.4. The topological polar surface area (TPSA) is 220 Å². The molecule has 0 N–H and O–H groups in total. The largest absolute Gasteiger partial charge is 0.647 e. The van der Waals surface area contributed by atoms with Crippen molar-refractivity contribution in [3.05, 3.63) is 391 Å². The maximum absolute atomic E-state index is 16.2. The van der Waals surface area contributed by atoms with E-state index in [0.717, 1.165) is 16.7 Å². The maximum Gasteiger partial charge on any atom is 0.647 e. The standard InChI is InChI=1S/C105H90Cl3N12O10P/c1-64-52-70-16-10-13-19-73(70)61-115(64)100(121)88-37-22-76(106)55-94(88)97-58-91(67(4)112(97)7)103(124)118(82-40-46-109-47-41-82)79-25-31-85(32-26-79)128-131(127,129-86-33-27-80(28-34-86)119(83-42-48-110-49-43-83)104(125)92-59-98(113(8)68(92)5)95-56-77(107)23-38-89(95)101(122)116-62-74-20-14-11-17-71(74)53-65(116)2)130-87-35-29-81(30-36-87)120(84-44-50-111-51-45-84)105(126)93-60-99(114(9)69(93)6)96-57-78(108)24-39-90(96)102(123)117-63-75-21-15-12-18-72(75)54-66(117)3/h10-51,55-60,64-66H,52-54,61-63H2,1-9H3/t64-,65-,66-/m1/s1. The molecule has 3 atom stereocenters. The van der Waals surface area contributed by atoms with E-state index in [1.54, 1.807) is 183 Å². The van der Waals surface area contributed by atoms with Crippen LogP contribution in [0.2, 0.25) is 15.1 Å². The number of anilines is 6. The lowest BCUT2D eigenvalue weighted by Crippen LogP contribution is -2.42. The monoisotopic (exact) mass is 1810 g/mol. The van der Waals surface area contributed by atoms with Crippen molar-refractivity contribution in [2.75, 3.05) is 14.7 Å². The van der Waals surface area contributed by atoms with Crippen molar-refractivity contribution in [1.29, 1.82) is 0 Å². The first kappa shape index (κ1) is 87.3. The minimum Gasteiger partial charge on any atom is -0.386 e. The van der Waals surface area contributed by atoms with Crippen molar-refractivity contribution in [1.82, 2.24) is 43.4 Å². The average molecular weight is 1820 g/mol. The van der Waals surface area contributed by atoms with E-state index in [0.29, 0.717) is 172 Å². The molecule has 18 rings (SSSR count). The van der Waals surface area contributed by atoms with E-state index in [1.807, 2.05) is 146 Å². The van der Waals surface area contributed by atoms with Crippen LogP contribution in [0.15, 0.2) is 292 Å². The van der Waals surface area contributed by atoms with Crippen LogP contribution in [0.25, 0.3) is 33.8 Å². The van der Waals surface area contributed by atoms with E-state index < -0.39 is 25.5 Å². The summed E-state index contributed by atoms with van der Waals surface area (Å²) >= 11 is 20.4. The molecular weight excluding hydrogens is 1730 g/mol. The number of carbonyl (C=O) groups excluding carboxylic acids is 6. The molecule has 0 radical (unpaired) electrons. The number of rotatable bonds is 21. The summed E-state index contributed by atoms with van der Waals surface area (Å²) in [6.45, 7) is 12.9. The Balaban J connectivity index is 0.672. The Kier molecular flexibility index (Phi) is 24.2. The number of carbonyl (C=O) groups is 6. The first-order valence-corrected chi connectivity index (χ1v) is 45.6. The molecule has 3 aliphatic heterocycles. The van der Waals surface area contributed by atoms with Crippen LogP contribution in [-0.4, -0.2) is 96.9 Å². The SMILES string of the molecule is Cc1c(C(=O)N(c2ccncc2)c2ccc(OP(=O)(Oc3ccc(N(C(=O)c4cc(-c5cc(Cl)ccc5C(=O)N5Cc6ccccc6C[C@H]5C)n(C)c4C)c4ccncc4)cc3)Oc3ccc(N(C(=O)c4cc(-c5cc(Cl)ccc5C(=O)N5Cc6ccccc6C[C@H]5C)n(C)c4C)c4ccncc4)cc3)cc2)cc(-c2cc(Cl)ccc2C(=O)N2Cc3ccccc3C[C@H]2C)n1C. The van der Waals surface area contributed by atoms with Crippen LogP contribution >= 0.6 is 42.6 Å². The Bertz CT molecular complexity index is 6390. The van der Waals surface area contributed by atoms with Crippen molar-refractivity contribution in [2.24, 2.45) is 21.1 Å². The lowest BCUT2D eigenvalue weighted by molar-refractivity contribution is 0.0651. The highest BCUT2D eigenvalue weighted by molar-refractivity contribution is 7.49. The van der Waals surface area contributed by atoms with Gasteiger partial charge in [0.1, 0.15) is 17.2 Å². The van der Waals surface area contributed by atoms with Gasteiger partial charge in [-0.15, -0.1) is 0 Å². The van der Waals surface area contributed by atoms with E-state index in [4.69, 9.17) is 48.4 Å². The number of aromatic nitrogens is 6. The summed E-state index contributed by atoms with van der Waals surface area (Å²) in [7, 11) is 0.514. The molecule has 26 heteroatoms. The number of amides is 6. The third kappa shape index (κ3) is 17.2. The molecule has 0 saturated heterocycles. The molecule has 656 valence electrons. The molecule has 6 aromatic heterocycles. The van der Waals surface area contributed by atoms with Crippen molar-refractivity contribution < 1.29 is 46.9 Å². The molecule has 0 spiro atoms. The van der Waals surface area contributed by atoms with Gasteiger partial charge in [-0.2, -0.15) is 4.57 Å². The summed E-state index contributed by atoms with van der Waals surface area (Å²) in [5, 5.41) is 1.21. The molecule has 9 heterocycles. The fraction of sp³-hybridized carbons (Fsp3) is 0.171. The lowest BCUT2D eigenvalue weighted by atomic mass is 9.93. The number of phosphoric ester groups is 1. The van der Waals surface area contributed by atoms with Gasteiger partial charge in [0.15, 0.2) is 0 Å². The lowest BCUT2D eigenvalue weighted by Gasteiger charge is -2.35. The van der Waals surface area contributed by atoms with Crippen molar-refractivity contribution in [3.63, 3.8) is 0 Å². The zero-order valence-corrected chi connectivity index (χ0v) is 76.4. The number of halogens is 3. The predicted octanol–water partition coefficient (Wildman–Crippen LogP) is 23.1. The Morgan fingerprint density at radius 2 is 0.557 bits per heavy atom. The van der Waals surface area contributed by atoms with E-state index in [1.165, 1.54) is 67.8 Å². The number of hydrogen-bond acceptors (Lipinski definition) is 13. The second-order valence-corrected chi connectivity index (χ2v) is 36.1. The summed E-state index contributed by atoms with van der Waals surface area (Å²) in [6.07, 6.45) is 11.5. The number of pyridine rings is 3. The van der Waals surface area contributed by atoms with Crippen LogP contribution in [0, 0.1) is 20.8 Å². The van der Waals surface area contributed by atoms with Crippen LogP contribution in [0.4, 0.5) is 34.1 Å². The number of fused-ring (bicyclic) bond motifs is 3. The molecule has 0 fully saturated rings. The molecule has 0 saturated carbocycles. The molecule has 9 aromatic carbocycles. The van der Waals surface area contributed by atoms with Crippen molar-refractivity contribution >= 4 is 112 Å². The van der Waals surface area contributed by atoms with Crippen LogP contribution in [-0.2, 0) is 64.6 Å². The van der Waals surface area contributed by atoms with E-state index in [9.17, 15) is 14.4 Å². The van der Waals surface area contributed by atoms with Gasteiger partial charge in [-0.05, 0) is 276 Å². The first-order chi connectivity index (χ1) is 63.2. The van der Waals surface area contributed by atoms with Gasteiger partial charge in [-0.3, -0.25) is 58.4 Å². The smallest absolute Gasteiger partial charge is 0.386 e. The molecule has 131 heavy (non-hydrogen) atoms. The summed E-state index contributed by atoms with van der Waals surface area (Å²) in [6, 6.07) is 74.1. The normalized spacial score (nSPS) is 14.6. The van der Waals surface area contributed by atoms with Crippen LogP contribution < -0.4 is 28.3 Å². The summed E-state index contributed by atoms with van der Waals surface area (Å²) in [4.78, 5) is 115. The van der Waals surface area contributed by atoms with Gasteiger partial charge in [0.25, 0.3) is 35.4 Å². The van der Waals surface area contributed by atoms with E-state index in [-0.39, 0.29) is 53.1 Å². The highest BCUT2D eigenvalue weighted by Gasteiger charge is 2.39. The van der Waals surface area contributed by atoms with Crippen molar-refractivity contribution in [3.8, 4) is 51.0 Å². The fourth-order valence-electron chi connectivity index (χ4n) is 18.0. The molecule has 15 aromatic rings. The summed E-state index contributed by atoms with van der Waals surface area (Å²) in [5.74, 6) is -1.88. The Morgan fingerprint density at radius 3 is 0.809 bits per heavy atom.